The number of hydrogen-bond acceptors (Lipinski definition) is 18. The van der Waals surface area contributed by atoms with Crippen LogP contribution >= 0.6 is 0 Å². The number of ether oxygens (including phenoxy) is 8. The van der Waals surface area contributed by atoms with Crippen molar-refractivity contribution in [3.05, 3.63) is 54.4 Å². The highest BCUT2D eigenvalue weighted by Crippen LogP contribution is 2.39. The van der Waals surface area contributed by atoms with Crippen LogP contribution in [0.3, 0.4) is 0 Å². The first kappa shape index (κ1) is 57.0. The number of allylic oxidation sites excluding steroid dienone is 1. The molecule has 0 bridgehead atoms. The molecule has 1 aromatic heterocycles. The van der Waals surface area contributed by atoms with Crippen LogP contribution in [0, 0.1) is 23.7 Å². The number of aliphatic hydroxyl groups is 3. The molecule has 0 saturated carbocycles. The molecule has 3 aliphatic heterocycles. The summed E-state index contributed by atoms with van der Waals surface area (Å²) in [5.41, 5.74) is -0.461. The smallest absolute Gasteiger partial charge is 0.314 e. The molecule has 16 atom stereocenters. The summed E-state index contributed by atoms with van der Waals surface area (Å²) in [4.78, 5) is 60.5. The van der Waals surface area contributed by atoms with E-state index in [0.29, 0.717) is 25.9 Å². The number of likely N-dealkylation sites (N-methyl/N-ethyl adjacent to an activating group) is 2. The van der Waals surface area contributed by atoms with Crippen LogP contribution in [-0.2, 0) is 63.5 Å². The van der Waals surface area contributed by atoms with Gasteiger partial charge in [0.15, 0.2) is 12.6 Å². The molecule has 3 fully saturated rings. The number of pyridine rings is 1. The van der Waals surface area contributed by atoms with E-state index in [0.717, 1.165) is 22.6 Å². The summed E-state index contributed by atoms with van der Waals surface area (Å²) >= 11 is 0. The van der Waals surface area contributed by atoms with Gasteiger partial charge in [-0.1, -0.05) is 50.3 Å². The first-order valence-corrected chi connectivity index (χ1v) is 24.8. The molecule has 18 heteroatoms. The van der Waals surface area contributed by atoms with Gasteiger partial charge in [0.2, 0.25) is 0 Å². The molecule has 3 aliphatic rings. The second-order valence-electron chi connectivity index (χ2n) is 19.8. The van der Waals surface area contributed by atoms with E-state index >= 15 is 0 Å². The topological polar surface area (TPSA) is 222 Å². The van der Waals surface area contributed by atoms with Gasteiger partial charge in [0.05, 0.1) is 55.7 Å². The SMILES string of the molecule is CCOC(=O)[C@H]1[C@H](C)O[C@@H](O[C@H]2[C@H](N(C)C)[C@@H](O)[C@H](O[C@H]3[C@@H](CC=O)C[C@@H](C)[C@@H](O)CN(C)CC(/C=C/Cc4cncc5ccccc45)CCOC(=O)C[C@@H](OC(=O)CC)[C@@H]3OC)O[C@@H]2C)C[C@@]1(C)O. The lowest BCUT2D eigenvalue weighted by Crippen LogP contribution is -2.65. The highest BCUT2D eigenvalue weighted by Gasteiger charge is 2.54. The van der Waals surface area contributed by atoms with Crippen LogP contribution in [0.4, 0.5) is 0 Å². The largest absolute Gasteiger partial charge is 0.466 e. The van der Waals surface area contributed by atoms with Gasteiger partial charge in [0, 0.05) is 57.2 Å². The number of methoxy groups -OCH3 is 1. The van der Waals surface area contributed by atoms with Crippen molar-refractivity contribution in [3.63, 3.8) is 0 Å². The lowest BCUT2D eigenvalue weighted by atomic mass is 9.80. The molecular formula is C52H79N3O15. The summed E-state index contributed by atoms with van der Waals surface area (Å²) in [7, 11) is 6.82. The summed E-state index contributed by atoms with van der Waals surface area (Å²) in [6, 6.07) is 7.28. The number of fused-ring (bicyclic) bond motifs is 1. The van der Waals surface area contributed by atoms with Crippen LogP contribution in [0.25, 0.3) is 10.8 Å². The molecule has 70 heavy (non-hydrogen) atoms. The molecule has 2 aromatic rings. The molecule has 392 valence electrons. The Morgan fingerprint density at radius 3 is 2.43 bits per heavy atom. The predicted molar refractivity (Wildman–Crippen MR) is 258 cm³/mol. The summed E-state index contributed by atoms with van der Waals surface area (Å²) in [6.07, 6.45) is -1.25. The van der Waals surface area contributed by atoms with E-state index in [2.05, 4.69) is 23.2 Å². The van der Waals surface area contributed by atoms with E-state index in [1.54, 1.807) is 46.7 Å². The number of benzene rings is 1. The Kier molecular flexibility index (Phi) is 21.7. The van der Waals surface area contributed by atoms with Crippen molar-refractivity contribution in [2.24, 2.45) is 23.7 Å². The molecule has 4 heterocycles. The van der Waals surface area contributed by atoms with Gasteiger partial charge >= 0.3 is 17.9 Å². The van der Waals surface area contributed by atoms with Gasteiger partial charge in [0.1, 0.15) is 36.6 Å². The Bertz CT molecular complexity index is 2010. The van der Waals surface area contributed by atoms with Crippen molar-refractivity contribution in [2.45, 2.75) is 160 Å². The minimum Gasteiger partial charge on any atom is -0.466 e. The molecule has 0 amide bonds. The van der Waals surface area contributed by atoms with E-state index in [1.807, 2.05) is 49.5 Å². The summed E-state index contributed by atoms with van der Waals surface area (Å²) in [6.45, 7) is 11.2. The highest BCUT2D eigenvalue weighted by molar-refractivity contribution is 5.84. The zero-order chi connectivity index (χ0) is 51.3. The normalized spacial score (nSPS) is 35.6. The van der Waals surface area contributed by atoms with E-state index in [-0.39, 0.29) is 44.8 Å². The Morgan fingerprint density at radius 1 is 1.01 bits per heavy atom. The Labute approximate surface area is 413 Å². The first-order chi connectivity index (χ1) is 33.3. The number of carbonyl (C=O) groups is 4. The number of aldehydes is 1. The van der Waals surface area contributed by atoms with Crippen molar-refractivity contribution < 1.29 is 72.4 Å². The maximum absolute atomic E-state index is 13.8. The number of rotatable bonds is 15. The van der Waals surface area contributed by atoms with Gasteiger partial charge in [-0.25, -0.2) is 0 Å². The second-order valence-corrected chi connectivity index (χ2v) is 19.8. The Morgan fingerprint density at radius 2 is 1.76 bits per heavy atom. The Hall–Kier alpha value is -3.95. The molecule has 0 radical (unpaired) electrons. The van der Waals surface area contributed by atoms with Gasteiger partial charge in [-0.3, -0.25) is 19.4 Å². The van der Waals surface area contributed by atoms with Crippen molar-refractivity contribution >= 4 is 35.0 Å². The Balaban J connectivity index is 1.41. The van der Waals surface area contributed by atoms with Crippen molar-refractivity contribution in [1.82, 2.24) is 14.8 Å². The van der Waals surface area contributed by atoms with Crippen LogP contribution in [0.1, 0.15) is 85.6 Å². The molecule has 0 aliphatic carbocycles. The van der Waals surface area contributed by atoms with Crippen LogP contribution < -0.4 is 0 Å². The monoisotopic (exact) mass is 986 g/mol. The van der Waals surface area contributed by atoms with Gasteiger partial charge < -0.3 is 67.8 Å². The second kappa shape index (κ2) is 26.7. The molecule has 18 nitrogen and oxygen atoms in total. The van der Waals surface area contributed by atoms with E-state index in [9.17, 15) is 34.5 Å². The molecular weight excluding hydrogens is 907 g/mol. The van der Waals surface area contributed by atoms with Crippen LogP contribution in [0.2, 0.25) is 0 Å². The van der Waals surface area contributed by atoms with E-state index in [4.69, 9.17) is 37.9 Å². The number of aliphatic hydroxyl groups excluding tert-OH is 2. The average Bonchev–Trinajstić information content (AvgIpc) is 3.29. The van der Waals surface area contributed by atoms with Gasteiger partial charge in [-0.15, -0.1) is 0 Å². The standard InChI is InChI=1S/C52H79N3O15/c1-11-41(58)68-40-25-42(59)65-23-21-34(16-15-18-37-28-53-27-36-17-13-14-19-38(36)37)29-55(9)30-39(57)31(3)24-35(20-22-56)48(49(40)63-10)70-51-46(60)45(54(7)8)47(33(5)67-51)69-43-26-52(6,62)44(32(4)66-43)50(61)64-12-2/h13-17,19,22,27-28,31-35,39-40,43-49,51,57,60,62H,11-12,18,20-21,23-26,29-30H2,1-10H3/b16-15+/t31-,32+,33-,34?,35+,39+,40-,43+,44-,45-,46-,47-,48+,49+,51+,52-/m1/s1. The number of hydrogen-bond donors (Lipinski definition) is 3. The summed E-state index contributed by atoms with van der Waals surface area (Å²) in [5.74, 6) is -3.97. The maximum atomic E-state index is 13.8. The lowest BCUT2D eigenvalue weighted by Gasteiger charge is -2.50. The van der Waals surface area contributed by atoms with Crippen molar-refractivity contribution in [1.29, 1.82) is 0 Å². The van der Waals surface area contributed by atoms with Crippen LogP contribution in [0.15, 0.2) is 48.8 Å². The van der Waals surface area contributed by atoms with Crippen LogP contribution in [0.5, 0.6) is 0 Å². The molecule has 3 saturated heterocycles. The fourth-order valence-electron chi connectivity index (χ4n) is 10.4. The molecule has 0 spiro atoms. The van der Waals surface area contributed by atoms with Gasteiger partial charge in [0.25, 0.3) is 0 Å². The number of carbonyl (C=O) groups excluding carboxylic acids is 4. The van der Waals surface area contributed by atoms with Gasteiger partial charge in [-0.2, -0.15) is 0 Å². The summed E-state index contributed by atoms with van der Waals surface area (Å²) in [5, 5.41) is 37.6. The first-order valence-electron chi connectivity index (χ1n) is 24.8. The fourth-order valence-corrected chi connectivity index (χ4v) is 10.4. The van der Waals surface area contributed by atoms with E-state index < -0.39 is 115 Å². The fraction of sp³-hybridized carbons (Fsp3) is 0.712. The minimum atomic E-state index is -1.54. The van der Waals surface area contributed by atoms with Gasteiger partial charge in [-0.05, 0) is 96.8 Å². The zero-order valence-corrected chi connectivity index (χ0v) is 42.7. The molecule has 3 N–H and O–H groups in total. The van der Waals surface area contributed by atoms with Crippen molar-refractivity contribution in [2.75, 3.05) is 54.6 Å². The number of β-amino-alcohol motifs (C(OH)–C–C–N with tert-alkyl or cyclic N) is 1. The lowest BCUT2D eigenvalue weighted by molar-refractivity contribution is -0.340. The molecule has 1 aromatic carbocycles. The molecule has 1 unspecified atom stereocenters. The third-order valence-electron chi connectivity index (χ3n) is 14.0. The van der Waals surface area contributed by atoms with E-state index in [1.165, 1.54) is 14.0 Å². The zero-order valence-electron chi connectivity index (χ0n) is 42.7. The predicted octanol–water partition coefficient (Wildman–Crippen LogP) is 4.02. The number of nitrogens with zero attached hydrogens (tertiary/aromatic N) is 3. The number of aromatic nitrogens is 1. The third kappa shape index (κ3) is 15.1. The minimum absolute atomic E-state index is 0.0128. The maximum Gasteiger partial charge on any atom is 0.314 e. The highest BCUT2D eigenvalue weighted by atomic mass is 16.7. The number of cyclic esters (lactones) is 1. The third-order valence-corrected chi connectivity index (χ3v) is 14.0. The quantitative estimate of drug-likeness (QED) is 0.0993. The van der Waals surface area contributed by atoms with Crippen LogP contribution in [-0.4, -0.2) is 182 Å². The number of esters is 3. The summed E-state index contributed by atoms with van der Waals surface area (Å²) < 4.78 is 49.0. The molecule has 5 rings (SSSR count). The van der Waals surface area contributed by atoms with Crippen molar-refractivity contribution in [3.8, 4) is 0 Å². The average molecular weight is 986 g/mol.